The third-order valence-corrected chi connectivity index (χ3v) is 4.51. The van der Waals surface area contributed by atoms with Gasteiger partial charge in [0, 0.05) is 13.1 Å². The minimum absolute atomic E-state index is 0.190. The smallest absolute Gasteiger partial charge is 0.248 e. The van der Waals surface area contributed by atoms with Gasteiger partial charge >= 0.3 is 0 Å². The van der Waals surface area contributed by atoms with E-state index in [2.05, 4.69) is 12.2 Å². The Balaban J connectivity index is 1.70. The van der Waals surface area contributed by atoms with E-state index < -0.39 is 0 Å². The number of carbonyl (C=O) groups is 1. The van der Waals surface area contributed by atoms with Crippen LogP contribution in [0.1, 0.15) is 45.4 Å². The van der Waals surface area contributed by atoms with Crippen LogP contribution >= 0.6 is 0 Å². The molecule has 0 spiro atoms. The Kier molecular flexibility index (Phi) is 6.11. The lowest BCUT2D eigenvalue weighted by Gasteiger charge is -2.25. The highest BCUT2D eigenvalue weighted by molar-refractivity contribution is 5.77. The largest absolute Gasteiger partial charge is 0.368 e. The molecular weight excluding hydrogens is 240 g/mol. The highest BCUT2D eigenvalue weighted by Gasteiger charge is 2.21. The van der Waals surface area contributed by atoms with Crippen LogP contribution in [-0.2, 0) is 9.53 Å². The van der Waals surface area contributed by atoms with E-state index >= 15 is 0 Å². The molecule has 1 atom stereocenters. The monoisotopic (exact) mass is 268 g/mol. The summed E-state index contributed by atoms with van der Waals surface area (Å²) in [5, 5.41) is 3.31. The zero-order valence-corrected chi connectivity index (χ0v) is 12.2. The number of rotatable bonds is 4. The predicted molar refractivity (Wildman–Crippen MR) is 76.1 cm³/mol. The van der Waals surface area contributed by atoms with Crippen molar-refractivity contribution >= 4 is 5.91 Å². The maximum Gasteiger partial charge on any atom is 0.248 e. The van der Waals surface area contributed by atoms with Gasteiger partial charge in [0.2, 0.25) is 5.91 Å². The fourth-order valence-electron chi connectivity index (χ4n) is 3.07. The topological polar surface area (TPSA) is 41.6 Å². The Labute approximate surface area is 116 Å². The number of amides is 1. The van der Waals surface area contributed by atoms with Crippen molar-refractivity contribution in [3.8, 4) is 0 Å². The van der Waals surface area contributed by atoms with E-state index in [0.717, 1.165) is 57.8 Å². The molecule has 0 aromatic carbocycles. The molecule has 19 heavy (non-hydrogen) atoms. The minimum atomic E-state index is 0.190. The van der Waals surface area contributed by atoms with Crippen LogP contribution in [0.5, 0.6) is 0 Å². The summed E-state index contributed by atoms with van der Waals surface area (Å²) in [5.74, 6) is 0.999. The van der Waals surface area contributed by atoms with Crippen LogP contribution in [0.2, 0.25) is 0 Å². The average Bonchev–Trinajstić information content (AvgIpc) is 2.71. The van der Waals surface area contributed by atoms with Gasteiger partial charge in [-0.15, -0.1) is 0 Å². The molecule has 0 radical (unpaired) electrons. The van der Waals surface area contributed by atoms with Gasteiger partial charge in [0.05, 0.1) is 6.10 Å². The summed E-state index contributed by atoms with van der Waals surface area (Å²) in [7, 11) is 0. The zero-order chi connectivity index (χ0) is 13.5. The molecule has 4 heteroatoms. The summed E-state index contributed by atoms with van der Waals surface area (Å²) in [5.41, 5.74) is 0. The van der Waals surface area contributed by atoms with Gasteiger partial charge in [0.1, 0.15) is 6.61 Å². The summed E-state index contributed by atoms with van der Waals surface area (Å²) >= 11 is 0. The summed E-state index contributed by atoms with van der Waals surface area (Å²) in [4.78, 5) is 14.2. The SMILES string of the molecule is CCC1CCCN(C(=O)COC2CCNCC2)CC1. The van der Waals surface area contributed by atoms with Crippen molar-refractivity contribution < 1.29 is 9.53 Å². The molecule has 0 saturated carbocycles. The lowest BCUT2D eigenvalue weighted by molar-refractivity contribution is -0.138. The normalized spacial score (nSPS) is 26.2. The number of hydrogen-bond donors (Lipinski definition) is 1. The standard InChI is InChI=1S/C15H28N2O2/c1-2-13-4-3-10-17(11-7-13)15(18)12-19-14-5-8-16-9-6-14/h13-14,16H,2-12H2,1H3. The van der Waals surface area contributed by atoms with Crippen LogP contribution < -0.4 is 5.32 Å². The van der Waals surface area contributed by atoms with Gasteiger partial charge in [0.25, 0.3) is 0 Å². The first kappa shape index (κ1) is 14.8. The molecule has 0 bridgehead atoms. The Bertz CT molecular complexity index is 277. The first-order valence-electron chi connectivity index (χ1n) is 7.89. The number of piperidine rings is 1. The van der Waals surface area contributed by atoms with Crippen LogP contribution in [0.3, 0.4) is 0 Å². The minimum Gasteiger partial charge on any atom is -0.368 e. The lowest BCUT2D eigenvalue weighted by atomic mass is 9.98. The fourth-order valence-corrected chi connectivity index (χ4v) is 3.07. The molecule has 2 fully saturated rings. The second-order valence-electron chi connectivity index (χ2n) is 5.85. The van der Waals surface area contributed by atoms with E-state index in [4.69, 9.17) is 4.74 Å². The highest BCUT2D eigenvalue weighted by atomic mass is 16.5. The Morgan fingerprint density at radius 3 is 2.74 bits per heavy atom. The highest BCUT2D eigenvalue weighted by Crippen LogP contribution is 2.20. The quantitative estimate of drug-likeness (QED) is 0.845. The fraction of sp³-hybridized carbons (Fsp3) is 0.933. The molecule has 4 nitrogen and oxygen atoms in total. The molecule has 0 aliphatic carbocycles. The van der Waals surface area contributed by atoms with Gasteiger partial charge in [-0.25, -0.2) is 0 Å². The second kappa shape index (κ2) is 7.85. The number of nitrogens with one attached hydrogen (secondary N) is 1. The maximum absolute atomic E-state index is 12.2. The van der Waals surface area contributed by atoms with Gasteiger partial charge in [-0.1, -0.05) is 13.3 Å². The van der Waals surface area contributed by atoms with Crippen molar-refractivity contribution in [1.82, 2.24) is 10.2 Å². The summed E-state index contributed by atoms with van der Waals surface area (Å²) in [6.45, 7) is 6.41. The molecule has 0 aromatic heterocycles. The van der Waals surface area contributed by atoms with Crippen LogP contribution in [-0.4, -0.2) is 49.7 Å². The Morgan fingerprint density at radius 2 is 2.00 bits per heavy atom. The Morgan fingerprint density at radius 1 is 1.21 bits per heavy atom. The van der Waals surface area contributed by atoms with Crippen molar-refractivity contribution in [3.05, 3.63) is 0 Å². The van der Waals surface area contributed by atoms with E-state index in [1.54, 1.807) is 0 Å². The number of hydrogen-bond acceptors (Lipinski definition) is 3. The molecule has 1 amide bonds. The van der Waals surface area contributed by atoms with E-state index in [0.29, 0.717) is 0 Å². The van der Waals surface area contributed by atoms with Crippen LogP contribution in [0.25, 0.3) is 0 Å². The first-order valence-corrected chi connectivity index (χ1v) is 7.89. The lowest BCUT2D eigenvalue weighted by Crippen LogP contribution is -2.38. The molecule has 110 valence electrons. The van der Waals surface area contributed by atoms with Crippen molar-refractivity contribution in [3.63, 3.8) is 0 Å². The first-order chi connectivity index (χ1) is 9.29. The second-order valence-corrected chi connectivity index (χ2v) is 5.85. The summed E-state index contributed by atoms with van der Waals surface area (Å²) in [6, 6.07) is 0. The molecule has 1 N–H and O–H groups in total. The average molecular weight is 268 g/mol. The maximum atomic E-state index is 12.2. The molecular formula is C15H28N2O2. The van der Waals surface area contributed by atoms with Crippen molar-refractivity contribution in [2.75, 3.05) is 32.8 Å². The van der Waals surface area contributed by atoms with Gasteiger partial charge in [-0.3, -0.25) is 4.79 Å². The van der Waals surface area contributed by atoms with Gasteiger partial charge in [-0.2, -0.15) is 0 Å². The van der Waals surface area contributed by atoms with Crippen LogP contribution in [0, 0.1) is 5.92 Å². The summed E-state index contributed by atoms with van der Waals surface area (Å²) < 4.78 is 5.76. The van der Waals surface area contributed by atoms with Gasteiger partial charge < -0.3 is 15.0 Å². The van der Waals surface area contributed by atoms with Crippen molar-refractivity contribution in [2.45, 2.75) is 51.6 Å². The number of ether oxygens (including phenoxy) is 1. The van der Waals surface area contributed by atoms with E-state index in [-0.39, 0.29) is 18.6 Å². The number of carbonyl (C=O) groups excluding carboxylic acids is 1. The van der Waals surface area contributed by atoms with Crippen LogP contribution in [0.15, 0.2) is 0 Å². The molecule has 2 heterocycles. The van der Waals surface area contributed by atoms with Gasteiger partial charge in [-0.05, 0) is 51.1 Å². The Hall–Kier alpha value is -0.610. The number of nitrogens with zero attached hydrogens (tertiary/aromatic N) is 1. The van der Waals surface area contributed by atoms with E-state index in [9.17, 15) is 4.79 Å². The molecule has 0 aromatic rings. The summed E-state index contributed by atoms with van der Waals surface area (Å²) in [6.07, 6.45) is 7.17. The zero-order valence-electron chi connectivity index (χ0n) is 12.2. The molecule has 2 saturated heterocycles. The van der Waals surface area contributed by atoms with Crippen molar-refractivity contribution in [2.24, 2.45) is 5.92 Å². The molecule has 2 rings (SSSR count). The van der Waals surface area contributed by atoms with Crippen molar-refractivity contribution in [1.29, 1.82) is 0 Å². The van der Waals surface area contributed by atoms with Crippen LogP contribution in [0.4, 0.5) is 0 Å². The third kappa shape index (κ3) is 4.77. The van der Waals surface area contributed by atoms with E-state index in [1.807, 2.05) is 4.90 Å². The molecule has 2 aliphatic heterocycles. The number of likely N-dealkylation sites (tertiary alicyclic amines) is 1. The van der Waals surface area contributed by atoms with Gasteiger partial charge in [0.15, 0.2) is 0 Å². The predicted octanol–water partition coefficient (Wildman–Crippen LogP) is 1.79. The van der Waals surface area contributed by atoms with E-state index in [1.165, 1.54) is 12.8 Å². The molecule has 2 aliphatic rings. The third-order valence-electron chi connectivity index (χ3n) is 4.51. The molecule has 1 unspecified atom stereocenters.